The Morgan fingerprint density at radius 3 is 2.58 bits per heavy atom. The van der Waals surface area contributed by atoms with E-state index in [1.54, 1.807) is 6.92 Å². The van der Waals surface area contributed by atoms with Crippen LogP contribution in [0.15, 0.2) is 29.2 Å². The molecule has 4 rings (SSSR count). The number of amides is 1. The summed E-state index contributed by atoms with van der Waals surface area (Å²) in [5.41, 5.74) is 1.78. The largest absolute Gasteiger partial charge is 0.462 e. The van der Waals surface area contributed by atoms with Gasteiger partial charge in [0.15, 0.2) is 0 Å². The first-order valence-corrected chi connectivity index (χ1v) is 13.8. The van der Waals surface area contributed by atoms with Crippen LogP contribution in [0, 0.1) is 5.92 Å². The molecule has 9 heteroatoms. The Morgan fingerprint density at radius 2 is 1.88 bits per heavy atom. The summed E-state index contributed by atoms with van der Waals surface area (Å²) in [6, 6.07) is 6.00. The fourth-order valence-corrected chi connectivity index (χ4v) is 7.41. The fraction of sp³-hybridized carbons (Fsp3) is 0.500. The molecule has 0 saturated carbocycles. The molecule has 178 valence electrons. The highest BCUT2D eigenvalue weighted by atomic mass is 32.2. The van der Waals surface area contributed by atoms with E-state index in [-0.39, 0.29) is 17.4 Å². The molecule has 1 amide bonds. The zero-order valence-corrected chi connectivity index (χ0v) is 20.7. The number of carbonyl (C=O) groups is 2. The number of nitrogens with zero attached hydrogens (tertiary/aromatic N) is 1. The highest BCUT2D eigenvalue weighted by Crippen LogP contribution is 2.39. The van der Waals surface area contributed by atoms with E-state index in [4.69, 9.17) is 4.74 Å². The molecule has 0 radical (unpaired) electrons. The van der Waals surface area contributed by atoms with Gasteiger partial charge in [-0.05, 0) is 81.2 Å². The fourth-order valence-electron chi connectivity index (χ4n) is 4.54. The summed E-state index contributed by atoms with van der Waals surface area (Å²) in [5.74, 6) is -0.456. The lowest BCUT2D eigenvalue weighted by molar-refractivity contribution is 0.0526. The third-order valence-electron chi connectivity index (χ3n) is 6.25. The molecule has 33 heavy (non-hydrogen) atoms. The predicted molar refractivity (Wildman–Crippen MR) is 128 cm³/mol. The van der Waals surface area contributed by atoms with E-state index in [2.05, 4.69) is 12.2 Å². The molecular formula is C24H30N2O5S2. The zero-order chi connectivity index (χ0) is 23.6. The van der Waals surface area contributed by atoms with Gasteiger partial charge < -0.3 is 10.1 Å². The molecule has 7 nitrogen and oxygen atoms in total. The minimum absolute atomic E-state index is 0.187. The molecule has 1 aromatic heterocycles. The van der Waals surface area contributed by atoms with Crippen molar-refractivity contribution in [2.75, 3.05) is 25.0 Å². The normalized spacial score (nSPS) is 19.0. The highest BCUT2D eigenvalue weighted by Gasteiger charge is 2.30. The summed E-state index contributed by atoms with van der Waals surface area (Å²) < 4.78 is 32.7. The van der Waals surface area contributed by atoms with Gasteiger partial charge in [-0.3, -0.25) is 4.79 Å². The predicted octanol–water partition coefficient (Wildman–Crippen LogP) is 4.48. The second-order valence-corrected chi connectivity index (χ2v) is 11.8. The lowest BCUT2D eigenvalue weighted by Gasteiger charge is -2.30. The third kappa shape index (κ3) is 5.00. The second kappa shape index (κ2) is 9.95. The Morgan fingerprint density at radius 1 is 1.15 bits per heavy atom. The van der Waals surface area contributed by atoms with Crippen LogP contribution < -0.4 is 5.32 Å². The van der Waals surface area contributed by atoms with Crippen LogP contribution in [0.4, 0.5) is 5.00 Å². The smallest absolute Gasteiger partial charge is 0.341 e. The van der Waals surface area contributed by atoms with Crippen molar-refractivity contribution in [1.82, 2.24) is 4.31 Å². The Hall–Kier alpha value is -2.23. The van der Waals surface area contributed by atoms with Gasteiger partial charge in [0.25, 0.3) is 5.91 Å². The van der Waals surface area contributed by atoms with Gasteiger partial charge in [0.05, 0.1) is 17.1 Å². The summed E-state index contributed by atoms with van der Waals surface area (Å²) in [6.07, 6.45) is 5.66. The van der Waals surface area contributed by atoms with Crippen LogP contribution in [0.3, 0.4) is 0 Å². The molecular weight excluding hydrogens is 460 g/mol. The number of fused-ring (bicyclic) bond motifs is 1. The third-order valence-corrected chi connectivity index (χ3v) is 9.34. The number of benzene rings is 1. The van der Waals surface area contributed by atoms with Crippen LogP contribution in [-0.4, -0.2) is 44.3 Å². The van der Waals surface area contributed by atoms with Crippen LogP contribution in [-0.2, 0) is 27.6 Å². The SMILES string of the molecule is CCOC(=O)c1c(NC(=O)c2ccc(S(=O)(=O)N3CCCC(C)C3)cc2)sc2c1CCCC2. The van der Waals surface area contributed by atoms with E-state index in [0.29, 0.717) is 35.1 Å². The number of rotatable bonds is 6. The molecule has 0 spiro atoms. The molecule has 1 saturated heterocycles. The molecule has 1 aliphatic heterocycles. The topological polar surface area (TPSA) is 92.8 Å². The number of hydrogen-bond acceptors (Lipinski definition) is 6. The van der Waals surface area contributed by atoms with Gasteiger partial charge in [-0.15, -0.1) is 11.3 Å². The van der Waals surface area contributed by atoms with Gasteiger partial charge in [0.1, 0.15) is 5.00 Å². The van der Waals surface area contributed by atoms with Crippen molar-refractivity contribution in [1.29, 1.82) is 0 Å². The van der Waals surface area contributed by atoms with Crippen molar-refractivity contribution in [2.24, 2.45) is 5.92 Å². The first-order chi connectivity index (χ1) is 15.8. The number of nitrogens with one attached hydrogen (secondary N) is 1. The lowest BCUT2D eigenvalue weighted by Crippen LogP contribution is -2.39. The van der Waals surface area contributed by atoms with E-state index >= 15 is 0 Å². The first kappa shape index (κ1) is 23.9. The van der Waals surface area contributed by atoms with Crippen LogP contribution in [0.1, 0.15) is 70.7 Å². The van der Waals surface area contributed by atoms with Crippen LogP contribution in [0.2, 0.25) is 0 Å². The average molecular weight is 491 g/mol. The molecule has 1 unspecified atom stereocenters. The van der Waals surface area contributed by atoms with Crippen molar-refractivity contribution < 1.29 is 22.7 Å². The van der Waals surface area contributed by atoms with E-state index in [0.717, 1.165) is 49.0 Å². The van der Waals surface area contributed by atoms with Gasteiger partial charge in [-0.25, -0.2) is 13.2 Å². The zero-order valence-electron chi connectivity index (χ0n) is 19.1. The molecule has 1 aliphatic carbocycles. The Bertz CT molecular complexity index is 1140. The van der Waals surface area contributed by atoms with Crippen molar-refractivity contribution in [2.45, 2.75) is 57.3 Å². The maximum absolute atomic E-state index is 13.0. The van der Waals surface area contributed by atoms with Crippen molar-refractivity contribution in [3.05, 3.63) is 45.8 Å². The maximum Gasteiger partial charge on any atom is 0.341 e. The van der Waals surface area contributed by atoms with Crippen molar-refractivity contribution in [3.63, 3.8) is 0 Å². The molecule has 0 bridgehead atoms. The Kier molecular flexibility index (Phi) is 7.21. The van der Waals surface area contributed by atoms with Gasteiger partial charge in [0, 0.05) is 23.5 Å². The number of anilines is 1. The molecule has 1 fully saturated rings. The van der Waals surface area contributed by atoms with Crippen LogP contribution in [0.5, 0.6) is 0 Å². The number of esters is 1. The minimum Gasteiger partial charge on any atom is -0.462 e. The average Bonchev–Trinajstić information content (AvgIpc) is 3.17. The van der Waals surface area contributed by atoms with Crippen LogP contribution >= 0.6 is 11.3 Å². The summed E-state index contributed by atoms with van der Waals surface area (Å²) in [4.78, 5) is 26.9. The van der Waals surface area contributed by atoms with Crippen LogP contribution in [0.25, 0.3) is 0 Å². The van der Waals surface area contributed by atoms with Gasteiger partial charge in [0.2, 0.25) is 10.0 Å². The van der Waals surface area contributed by atoms with Gasteiger partial charge >= 0.3 is 5.97 Å². The minimum atomic E-state index is -3.58. The molecule has 1 N–H and O–H groups in total. The van der Waals surface area contributed by atoms with E-state index in [9.17, 15) is 18.0 Å². The number of piperidine rings is 1. The maximum atomic E-state index is 13.0. The number of sulfonamides is 1. The van der Waals surface area contributed by atoms with Gasteiger partial charge in [-0.2, -0.15) is 4.31 Å². The number of hydrogen-bond donors (Lipinski definition) is 1. The standard InChI is InChI=1S/C24H30N2O5S2/c1-3-31-24(28)21-19-8-4-5-9-20(19)32-23(21)25-22(27)17-10-12-18(13-11-17)33(29,30)26-14-6-7-16(2)15-26/h10-13,16H,3-9,14-15H2,1-2H3,(H,25,27). The molecule has 2 aromatic rings. The Labute approximate surface area is 199 Å². The summed E-state index contributed by atoms with van der Waals surface area (Å²) >= 11 is 1.43. The molecule has 2 heterocycles. The first-order valence-electron chi connectivity index (χ1n) is 11.5. The summed E-state index contributed by atoms with van der Waals surface area (Å²) in [6.45, 7) is 5.12. The van der Waals surface area contributed by atoms with E-state index in [1.165, 1.54) is 39.9 Å². The van der Waals surface area contributed by atoms with Crippen molar-refractivity contribution in [3.8, 4) is 0 Å². The quantitative estimate of drug-likeness (QED) is 0.603. The summed E-state index contributed by atoms with van der Waals surface area (Å²) in [7, 11) is -3.58. The Balaban J connectivity index is 1.54. The van der Waals surface area contributed by atoms with Crippen molar-refractivity contribution >= 4 is 38.2 Å². The number of thiophene rings is 1. The number of carbonyl (C=O) groups excluding carboxylic acids is 2. The molecule has 1 atom stereocenters. The lowest BCUT2D eigenvalue weighted by atomic mass is 9.95. The van der Waals surface area contributed by atoms with E-state index in [1.807, 2.05) is 0 Å². The van der Waals surface area contributed by atoms with Gasteiger partial charge in [-0.1, -0.05) is 6.92 Å². The molecule has 2 aliphatic rings. The second-order valence-electron chi connectivity index (χ2n) is 8.72. The number of ether oxygens (including phenoxy) is 1. The highest BCUT2D eigenvalue weighted by molar-refractivity contribution is 7.89. The molecule has 1 aromatic carbocycles. The number of aryl methyl sites for hydroxylation is 1. The van der Waals surface area contributed by atoms with E-state index < -0.39 is 16.0 Å². The summed E-state index contributed by atoms with van der Waals surface area (Å²) in [5, 5.41) is 3.37. The monoisotopic (exact) mass is 490 g/mol.